The Morgan fingerprint density at radius 1 is 0.941 bits per heavy atom. The zero-order valence-corrected chi connectivity index (χ0v) is 20.1. The Balaban J connectivity index is 1.17. The van der Waals surface area contributed by atoms with Crippen molar-refractivity contribution >= 4 is 0 Å². The molecule has 6 nitrogen and oxygen atoms in total. The van der Waals surface area contributed by atoms with Gasteiger partial charge in [0.15, 0.2) is 6.29 Å². The Bertz CT molecular complexity index is 923. The topological polar surface area (TPSA) is 66.4 Å². The third-order valence-electron chi connectivity index (χ3n) is 7.51. The van der Waals surface area contributed by atoms with Crippen molar-refractivity contribution in [3.8, 4) is 0 Å². The average molecular weight is 469 g/mol. The molecule has 3 fully saturated rings. The first kappa shape index (κ1) is 23.9. The van der Waals surface area contributed by atoms with Gasteiger partial charge in [0.25, 0.3) is 0 Å². The number of aliphatic hydroxyl groups excluding tert-OH is 1. The Hall–Kier alpha value is -1.80. The third kappa shape index (κ3) is 4.94. The number of hydrogen-bond acceptors (Lipinski definition) is 6. The van der Waals surface area contributed by atoms with E-state index in [-0.39, 0.29) is 18.3 Å². The molecule has 0 saturated carbocycles. The van der Waals surface area contributed by atoms with Crippen LogP contribution in [-0.4, -0.2) is 53.9 Å². The van der Waals surface area contributed by atoms with Gasteiger partial charge in [-0.3, -0.25) is 0 Å². The SMILES string of the molecule is C[C@@]12O[C@]3(C)CO[C@@H](c4ccccc4)O[C@H]3C[C@H]1O[C@@H](CCCOCc1ccccc1)C[C@H]2O. The third-order valence-corrected chi connectivity index (χ3v) is 7.51. The molecule has 6 heteroatoms. The monoisotopic (exact) mass is 468 g/mol. The lowest BCUT2D eigenvalue weighted by molar-refractivity contribution is -0.384. The van der Waals surface area contributed by atoms with E-state index in [9.17, 15) is 5.11 Å². The molecule has 0 spiro atoms. The quantitative estimate of drug-likeness (QED) is 0.602. The maximum absolute atomic E-state index is 11.1. The van der Waals surface area contributed by atoms with Crippen molar-refractivity contribution in [2.75, 3.05) is 13.2 Å². The van der Waals surface area contributed by atoms with E-state index in [0.717, 1.165) is 18.4 Å². The molecule has 3 aliphatic rings. The molecule has 5 rings (SSSR count). The lowest BCUT2D eigenvalue weighted by atomic mass is 9.76. The maximum Gasteiger partial charge on any atom is 0.184 e. The molecule has 2 aromatic carbocycles. The van der Waals surface area contributed by atoms with E-state index in [0.29, 0.717) is 32.7 Å². The zero-order chi connectivity index (χ0) is 23.6. The van der Waals surface area contributed by atoms with Gasteiger partial charge in [-0.15, -0.1) is 0 Å². The Morgan fingerprint density at radius 3 is 2.44 bits per heavy atom. The van der Waals surface area contributed by atoms with E-state index < -0.39 is 23.6 Å². The minimum absolute atomic E-state index is 0.0221. The highest BCUT2D eigenvalue weighted by Gasteiger charge is 2.60. The molecule has 3 aliphatic heterocycles. The number of benzene rings is 2. The molecule has 34 heavy (non-hydrogen) atoms. The van der Waals surface area contributed by atoms with Crippen LogP contribution in [0.25, 0.3) is 0 Å². The summed E-state index contributed by atoms with van der Waals surface area (Å²) in [5, 5.41) is 11.1. The second-order valence-corrected chi connectivity index (χ2v) is 10.2. The van der Waals surface area contributed by atoms with Gasteiger partial charge in [-0.25, -0.2) is 0 Å². The second kappa shape index (κ2) is 10.1. The van der Waals surface area contributed by atoms with Crippen LogP contribution in [0.3, 0.4) is 0 Å². The highest BCUT2D eigenvalue weighted by Crippen LogP contribution is 2.48. The maximum atomic E-state index is 11.1. The average Bonchev–Trinajstić information content (AvgIpc) is 2.84. The summed E-state index contributed by atoms with van der Waals surface area (Å²) in [7, 11) is 0. The van der Waals surface area contributed by atoms with E-state index in [2.05, 4.69) is 12.1 Å². The minimum Gasteiger partial charge on any atom is -0.390 e. The van der Waals surface area contributed by atoms with Gasteiger partial charge in [-0.05, 0) is 32.3 Å². The summed E-state index contributed by atoms with van der Waals surface area (Å²) in [6, 6.07) is 20.2. The normalized spacial score (nSPS) is 37.6. The lowest BCUT2D eigenvalue weighted by Gasteiger charge is -2.59. The van der Waals surface area contributed by atoms with Gasteiger partial charge < -0.3 is 28.8 Å². The van der Waals surface area contributed by atoms with Crippen molar-refractivity contribution < 1.29 is 28.8 Å². The van der Waals surface area contributed by atoms with Gasteiger partial charge in [0.1, 0.15) is 11.2 Å². The molecule has 0 bridgehead atoms. The summed E-state index contributed by atoms with van der Waals surface area (Å²) < 4.78 is 31.3. The van der Waals surface area contributed by atoms with Crippen LogP contribution < -0.4 is 0 Å². The van der Waals surface area contributed by atoms with E-state index in [1.807, 2.05) is 62.4 Å². The zero-order valence-electron chi connectivity index (χ0n) is 20.1. The highest BCUT2D eigenvalue weighted by molar-refractivity contribution is 5.17. The summed E-state index contributed by atoms with van der Waals surface area (Å²) in [4.78, 5) is 0. The number of fused-ring (bicyclic) bond motifs is 2. The van der Waals surface area contributed by atoms with Crippen LogP contribution in [0, 0.1) is 0 Å². The summed E-state index contributed by atoms with van der Waals surface area (Å²) in [6.07, 6.45) is 1.49. The fourth-order valence-electron chi connectivity index (χ4n) is 5.46. The first-order valence-corrected chi connectivity index (χ1v) is 12.4. The van der Waals surface area contributed by atoms with Crippen molar-refractivity contribution in [2.24, 2.45) is 0 Å². The lowest BCUT2D eigenvalue weighted by Crippen LogP contribution is -2.70. The molecule has 7 atom stereocenters. The molecule has 1 N–H and O–H groups in total. The minimum atomic E-state index is -0.780. The number of ether oxygens (including phenoxy) is 5. The van der Waals surface area contributed by atoms with Crippen LogP contribution in [0.4, 0.5) is 0 Å². The predicted octanol–water partition coefficient (Wildman–Crippen LogP) is 4.55. The Kier molecular flexibility index (Phi) is 7.07. The fourth-order valence-corrected chi connectivity index (χ4v) is 5.46. The number of aliphatic hydroxyl groups is 1. The molecule has 3 heterocycles. The first-order chi connectivity index (χ1) is 16.5. The first-order valence-electron chi connectivity index (χ1n) is 12.4. The molecule has 0 aliphatic carbocycles. The van der Waals surface area contributed by atoms with Crippen LogP contribution in [0.1, 0.15) is 56.9 Å². The van der Waals surface area contributed by atoms with Crippen LogP contribution in [0.2, 0.25) is 0 Å². The van der Waals surface area contributed by atoms with Crippen molar-refractivity contribution in [1.29, 1.82) is 0 Å². The van der Waals surface area contributed by atoms with E-state index >= 15 is 0 Å². The molecular weight excluding hydrogens is 432 g/mol. The van der Waals surface area contributed by atoms with Crippen molar-refractivity contribution in [3.63, 3.8) is 0 Å². The molecule has 0 amide bonds. The smallest absolute Gasteiger partial charge is 0.184 e. The van der Waals surface area contributed by atoms with Gasteiger partial charge in [0.2, 0.25) is 0 Å². The van der Waals surface area contributed by atoms with E-state index in [4.69, 9.17) is 23.7 Å². The molecule has 2 aromatic rings. The Morgan fingerprint density at radius 2 is 1.68 bits per heavy atom. The number of rotatable bonds is 7. The van der Waals surface area contributed by atoms with Crippen LogP contribution in [0.5, 0.6) is 0 Å². The highest BCUT2D eigenvalue weighted by atomic mass is 16.7. The van der Waals surface area contributed by atoms with Gasteiger partial charge >= 0.3 is 0 Å². The van der Waals surface area contributed by atoms with Gasteiger partial charge in [0.05, 0.1) is 37.6 Å². The summed E-state index contributed by atoms with van der Waals surface area (Å²) in [5.41, 5.74) is 0.766. The van der Waals surface area contributed by atoms with E-state index in [1.165, 1.54) is 5.56 Å². The van der Waals surface area contributed by atoms with Gasteiger partial charge in [-0.2, -0.15) is 0 Å². The molecule has 0 radical (unpaired) electrons. The fraction of sp³-hybridized carbons (Fsp3) is 0.571. The van der Waals surface area contributed by atoms with Crippen LogP contribution >= 0.6 is 0 Å². The summed E-state index contributed by atoms with van der Waals surface area (Å²) >= 11 is 0. The number of hydrogen-bond donors (Lipinski definition) is 1. The van der Waals surface area contributed by atoms with Crippen molar-refractivity contribution in [3.05, 3.63) is 71.8 Å². The molecular formula is C28H36O6. The van der Waals surface area contributed by atoms with E-state index in [1.54, 1.807) is 0 Å². The van der Waals surface area contributed by atoms with Gasteiger partial charge in [-0.1, -0.05) is 60.7 Å². The molecule has 0 aromatic heterocycles. The van der Waals surface area contributed by atoms with Crippen molar-refractivity contribution in [2.45, 2.75) is 88.0 Å². The largest absolute Gasteiger partial charge is 0.390 e. The van der Waals surface area contributed by atoms with Crippen molar-refractivity contribution in [1.82, 2.24) is 0 Å². The summed E-state index contributed by atoms with van der Waals surface area (Å²) in [5.74, 6) is 0. The molecule has 184 valence electrons. The van der Waals surface area contributed by atoms with Gasteiger partial charge in [0, 0.05) is 25.0 Å². The standard InChI is InChI=1S/C28H36O6/c1-27-19-31-26(21-12-7-4-8-13-21)33-24(27)17-25-28(2,34-27)23(29)16-22(32-25)14-9-15-30-18-20-10-5-3-6-11-20/h3-8,10-13,22-26,29H,9,14-19H2,1-2H3/t22-,23+,24-,25+,26+,27+,28-/m0/s1. The Labute approximate surface area is 202 Å². The second-order valence-electron chi connectivity index (χ2n) is 10.2. The summed E-state index contributed by atoms with van der Waals surface area (Å²) in [6.45, 7) is 5.68. The predicted molar refractivity (Wildman–Crippen MR) is 127 cm³/mol. The molecule has 3 saturated heterocycles. The van der Waals surface area contributed by atoms with Crippen LogP contribution in [0.15, 0.2) is 60.7 Å². The molecule has 0 unspecified atom stereocenters. The van der Waals surface area contributed by atoms with Crippen LogP contribution in [-0.2, 0) is 30.3 Å².